The van der Waals surface area contributed by atoms with Gasteiger partial charge in [0.15, 0.2) is 0 Å². The summed E-state index contributed by atoms with van der Waals surface area (Å²) in [5.41, 5.74) is 2.52. The fourth-order valence-electron chi connectivity index (χ4n) is 2.95. The zero-order valence-electron chi connectivity index (χ0n) is 11.2. The summed E-state index contributed by atoms with van der Waals surface area (Å²) < 4.78 is 0. The Hall–Kier alpha value is -1.31. The van der Waals surface area contributed by atoms with Crippen LogP contribution in [0.3, 0.4) is 0 Å². The molecule has 1 saturated carbocycles. The number of aliphatic carboxylic acids is 1. The molecule has 1 aromatic rings. The molecule has 98 valence electrons. The number of carboxylic acid groups (broad SMARTS) is 1. The second-order valence-corrected chi connectivity index (χ2v) is 5.66. The van der Waals surface area contributed by atoms with E-state index >= 15 is 0 Å². The van der Waals surface area contributed by atoms with E-state index in [1.165, 1.54) is 11.1 Å². The molecule has 0 saturated heterocycles. The van der Waals surface area contributed by atoms with Gasteiger partial charge >= 0.3 is 5.97 Å². The number of benzene rings is 1. The van der Waals surface area contributed by atoms with E-state index in [2.05, 4.69) is 38.1 Å². The van der Waals surface area contributed by atoms with Gasteiger partial charge in [-0.15, -0.1) is 0 Å². The van der Waals surface area contributed by atoms with E-state index in [1.54, 1.807) is 0 Å². The van der Waals surface area contributed by atoms with Crippen molar-refractivity contribution in [2.75, 3.05) is 0 Å². The van der Waals surface area contributed by atoms with Crippen molar-refractivity contribution in [2.45, 2.75) is 51.4 Å². The van der Waals surface area contributed by atoms with Crippen LogP contribution in [0, 0.1) is 5.92 Å². The lowest BCUT2D eigenvalue weighted by atomic mass is 9.75. The molecule has 18 heavy (non-hydrogen) atoms. The van der Waals surface area contributed by atoms with E-state index in [0.717, 1.165) is 25.7 Å². The molecule has 0 spiro atoms. The average Bonchev–Trinajstić information content (AvgIpc) is 2.39. The van der Waals surface area contributed by atoms with E-state index in [4.69, 9.17) is 0 Å². The smallest absolute Gasteiger partial charge is 0.307 e. The summed E-state index contributed by atoms with van der Waals surface area (Å²) in [6.07, 6.45) is 4.04. The maximum absolute atomic E-state index is 11.3. The van der Waals surface area contributed by atoms with E-state index in [1.807, 2.05) is 0 Å². The first-order chi connectivity index (χ1) is 8.59. The molecule has 1 aromatic carbocycles. The lowest BCUT2D eigenvalue weighted by molar-refractivity contribution is -0.143. The Morgan fingerprint density at radius 2 is 1.78 bits per heavy atom. The van der Waals surface area contributed by atoms with Crippen LogP contribution in [0.25, 0.3) is 0 Å². The molecule has 1 N–H and O–H groups in total. The van der Waals surface area contributed by atoms with Crippen LogP contribution in [0.2, 0.25) is 0 Å². The number of hydrogen-bond donors (Lipinski definition) is 1. The van der Waals surface area contributed by atoms with Crippen LogP contribution in [0.4, 0.5) is 0 Å². The van der Waals surface area contributed by atoms with Crippen molar-refractivity contribution in [2.24, 2.45) is 5.92 Å². The summed E-state index contributed by atoms with van der Waals surface area (Å²) in [7, 11) is 0. The lowest BCUT2D eigenvalue weighted by Crippen LogP contribution is -2.25. The highest BCUT2D eigenvalue weighted by Gasteiger charge is 2.31. The van der Waals surface area contributed by atoms with Gasteiger partial charge in [0.05, 0.1) is 5.92 Å². The summed E-state index contributed by atoms with van der Waals surface area (Å²) in [6.45, 7) is 4.35. The molecule has 0 bridgehead atoms. The van der Waals surface area contributed by atoms with Gasteiger partial charge in [-0.25, -0.2) is 0 Å². The van der Waals surface area contributed by atoms with Gasteiger partial charge in [0.1, 0.15) is 0 Å². The predicted molar refractivity (Wildman–Crippen MR) is 72.9 cm³/mol. The van der Waals surface area contributed by atoms with Gasteiger partial charge in [0.2, 0.25) is 0 Å². The fraction of sp³-hybridized carbons (Fsp3) is 0.562. The van der Waals surface area contributed by atoms with Crippen molar-refractivity contribution in [3.05, 3.63) is 35.4 Å². The number of carbonyl (C=O) groups is 1. The first kappa shape index (κ1) is 13.1. The lowest BCUT2D eigenvalue weighted by Gasteiger charge is -2.29. The molecule has 0 amide bonds. The average molecular weight is 246 g/mol. The minimum Gasteiger partial charge on any atom is -0.481 e. The Labute approximate surface area is 109 Å². The molecule has 1 aliphatic rings. The van der Waals surface area contributed by atoms with Crippen molar-refractivity contribution in [1.29, 1.82) is 0 Å². The van der Waals surface area contributed by atoms with Crippen molar-refractivity contribution in [1.82, 2.24) is 0 Å². The maximum Gasteiger partial charge on any atom is 0.307 e. The minimum absolute atomic E-state index is 0.191. The van der Waals surface area contributed by atoms with Gasteiger partial charge < -0.3 is 5.11 Å². The molecule has 0 aliphatic heterocycles. The first-order valence-corrected chi connectivity index (χ1v) is 6.92. The summed E-state index contributed by atoms with van der Waals surface area (Å²) in [4.78, 5) is 11.3. The van der Waals surface area contributed by atoms with Crippen LogP contribution in [-0.4, -0.2) is 11.1 Å². The molecule has 1 aliphatic carbocycles. The Morgan fingerprint density at radius 1 is 1.17 bits per heavy atom. The molecule has 0 radical (unpaired) electrons. The number of hydrogen-bond acceptors (Lipinski definition) is 1. The fourth-order valence-corrected chi connectivity index (χ4v) is 2.95. The second kappa shape index (κ2) is 5.55. The van der Waals surface area contributed by atoms with E-state index in [-0.39, 0.29) is 11.8 Å². The van der Waals surface area contributed by atoms with Crippen molar-refractivity contribution < 1.29 is 9.90 Å². The zero-order valence-corrected chi connectivity index (χ0v) is 11.2. The van der Waals surface area contributed by atoms with E-state index in [0.29, 0.717) is 5.92 Å². The highest BCUT2D eigenvalue weighted by Crippen LogP contribution is 2.38. The Balaban J connectivity index is 2.20. The van der Waals surface area contributed by atoms with Crippen LogP contribution in [0.15, 0.2) is 24.3 Å². The van der Waals surface area contributed by atoms with Crippen LogP contribution in [0.1, 0.15) is 62.5 Å². The minimum atomic E-state index is -0.632. The van der Waals surface area contributed by atoms with Gasteiger partial charge in [-0.3, -0.25) is 4.79 Å². The van der Waals surface area contributed by atoms with Gasteiger partial charge in [-0.2, -0.15) is 0 Å². The molecule has 2 heteroatoms. The molecule has 0 aromatic heterocycles. The van der Waals surface area contributed by atoms with E-state index < -0.39 is 5.97 Å². The number of rotatable bonds is 3. The van der Waals surface area contributed by atoms with Crippen LogP contribution < -0.4 is 0 Å². The summed E-state index contributed by atoms with van der Waals surface area (Å²) in [6, 6.07) is 8.55. The highest BCUT2D eigenvalue weighted by atomic mass is 16.4. The van der Waals surface area contributed by atoms with Gasteiger partial charge in [-0.1, -0.05) is 51.0 Å². The maximum atomic E-state index is 11.3. The topological polar surface area (TPSA) is 37.3 Å². The third kappa shape index (κ3) is 2.74. The third-order valence-corrected chi connectivity index (χ3v) is 4.11. The van der Waals surface area contributed by atoms with Gasteiger partial charge in [0, 0.05) is 0 Å². The van der Waals surface area contributed by atoms with Crippen LogP contribution in [0.5, 0.6) is 0 Å². The standard InChI is InChI=1S/C16H22O2/c1-11(2)12-7-9-13(10-8-12)14-5-3-4-6-15(14)16(17)18/h7-11,14-15H,3-6H2,1-2H3,(H,17,18). The molecule has 2 nitrogen and oxygen atoms in total. The molecule has 2 unspecified atom stereocenters. The van der Waals surface area contributed by atoms with Crippen molar-refractivity contribution in [3.63, 3.8) is 0 Å². The quantitative estimate of drug-likeness (QED) is 0.869. The molecule has 1 fully saturated rings. The molecule has 2 rings (SSSR count). The zero-order chi connectivity index (χ0) is 13.1. The van der Waals surface area contributed by atoms with Crippen LogP contribution >= 0.6 is 0 Å². The Bertz CT molecular complexity index is 406. The van der Waals surface area contributed by atoms with Crippen molar-refractivity contribution in [3.8, 4) is 0 Å². The SMILES string of the molecule is CC(C)c1ccc(C2CCCCC2C(=O)O)cc1. The van der Waals surface area contributed by atoms with Crippen LogP contribution in [-0.2, 0) is 4.79 Å². The van der Waals surface area contributed by atoms with Gasteiger partial charge in [-0.05, 0) is 35.8 Å². The Kier molecular flexibility index (Phi) is 4.05. The second-order valence-electron chi connectivity index (χ2n) is 5.66. The summed E-state index contributed by atoms with van der Waals surface area (Å²) in [5, 5.41) is 9.31. The third-order valence-electron chi connectivity index (χ3n) is 4.11. The molecular weight excluding hydrogens is 224 g/mol. The Morgan fingerprint density at radius 3 is 2.33 bits per heavy atom. The van der Waals surface area contributed by atoms with Crippen molar-refractivity contribution >= 4 is 5.97 Å². The predicted octanol–water partition coefficient (Wildman–Crippen LogP) is 4.17. The normalized spacial score (nSPS) is 24.2. The monoisotopic (exact) mass is 246 g/mol. The largest absolute Gasteiger partial charge is 0.481 e. The first-order valence-electron chi connectivity index (χ1n) is 6.92. The summed E-state index contributed by atoms with van der Waals surface area (Å²) in [5.74, 6) is -0.0885. The van der Waals surface area contributed by atoms with E-state index in [9.17, 15) is 9.90 Å². The molecular formula is C16H22O2. The molecule has 2 atom stereocenters. The highest BCUT2D eigenvalue weighted by molar-refractivity contribution is 5.71. The number of carboxylic acids is 1. The molecule has 0 heterocycles. The summed E-state index contributed by atoms with van der Waals surface area (Å²) >= 11 is 0. The van der Waals surface area contributed by atoms with Gasteiger partial charge in [0.25, 0.3) is 0 Å².